The molecule has 3 heterocycles. The van der Waals surface area contributed by atoms with Crippen molar-refractivity contribution >= 4 is 47.8 Å². The summed E-state index contributed by atoms with van der Waals surface area (Å²) < 4.78 is 0. The number of pyridine rings is 2. The van der Waals surface area contributed by atoms with E-state index in [1.165, 1.54) is 11.3 Å². The zero-order valence-corrected chi connectivity index (χ0v) is 15.2. The number of nitrogens with two attached hydrogens (primary N) is 2. The van der Waals surface area contributed by atoms with Crippen molar-refractivity contribution in [3.05, 3.63) is 54.1 Å². The molecular formula is C15H15Cl2N7S. The number of rotatable bonds is 4. The molecule has 0 spiro atoms. The molecule has 25 heavy (non-hydrogen) atoms. The summed E-state index contributed by atoms with van der Waals surface area (Å²) in [6, 6.07) is 7.09. The second-order valence-electron chi connectivity index (χ2n) is 4.72. The van der Waals surface area contributed by atoms with E-state index in [9.17, 15) is 0 Å². The maximum Gasteiger partial charge on any atom is 0.142 e. The highest BCUT2D eigenvalue weighted by Gasteiger charge is 2.09. The molecule has 0 aromatic carbocycles. The minimum atomic E-state index is -0.0590. The second-order valence-corrected chi connectivity index (χ2v) is 5.75. The summed E-state index contributed by atoms with van der Waals surface area (Å²) in [4.78, 5) is 13.7. The average Bonchev–Trinajstić information content (AvgIpc) is 3.05. The van der Waals surface area contributed by atoms with Gasteiger partial charge >= 0.3 is 0 Å². The molecule has 0 aliphatic carbocycles. The van der Waals surface area contributed by atoms with Crippen molar-refractivity contribution in [2.75, 3.05) is 0 Å². The Balaban J connectivity index is 0.00000156. The summed E-state index contributed by atoms with van der Waals surface area (Å²) in [6.07, 6.45) is 4.98. The van der Waals surface area contributed by atoms with E-state index in [0.29, 0.717) is 11.3 Å². The number of amidine groups is 2. The van der Waals surface area contributed by atoms with Crippen LogP contribution in [0.4, 0.5) is 0 Å². The van der Waals surface area contributed by atoms with Gasteiger partial charge in [0, 0.05) is 29.7 Å². The Bertz CT molecular complexity index is 804. The van der Waals surface area contributed by atoms with E-state index in [1.54, 1.807) is 36.8 Å². The van der Waals surface area contributed by atoms with Crippen LogP contribution >= 0.6 is 36.2 Å². The Kier molecular flexibility index (Phi) is 6.98. The standard InChI is InChI=1S/C15H13N7S.2ClH/c16-13(17)9-2-4-11(21-6-9)15-22-7-12(23-15)8-1-3-10(14(18)19)20-5-8;;/h1-7H,(H3,16,17)(H3,18,19);2*1H. The number of aromatic nitrogens is 3. The SMILES string of the molecule is Cl.Cl.N=C(N)c1ccc(-c2ncc(-c3ccc(C(=N)N)nc3)s2)nc1. The molecule has 130 valence electrons. The zero-order valence-electron chi connectivity index (χ0n) is 12.8. The third-order valence-electron chi connectivity index (χ3n) is 3.12. The fourth-order valence-corrected chi connectivity index (χ4v) is 2.79. The number of nitrogens with zero attached hydrogens (tertiary/aromatic N) is 3. The van der Waals surface area contributed by atoms with Gasteiger partial charge in [-0.25, -0.2) is 4.98 Å². The highest BCUT2D eigenvalue weighted by molar-refractivity contribution is 7.18. The van der Waals surface area contributed by atoms with Crippen molar-refractivity contribution < 1.29 is 0 Å². The molecule has 0 aliphatic rings. The molecule has 3 rings (SSSR count). The lowest BCUT2D eigenvalue weighted by Gasteiger charge is -2.00. The van der Waals surface area contributed by atoms with Crippen LogP contribution in [0.15, 0.2) is 42.9 Å². The molecule has 6 N–H and O–H groups in total. The van der Waals surface area contributed by atoms with E-state index in [1.807, 2.05) is 6.07 Å². The Morgan fingerprint density at radius 3 is 2.12 bits per heavy atom. The van der Waals surface area contributed by atoms with Gasteiger partial charge < -0.3 is 11.5 Å². The van der Waals surface area contributed by atoms with E-state index in [2.05, 4.69) is 15.0 Å². The highest BCUT2D eigenvalue weighted by atomic mass is 35.5. The summed E-state index contributed by atoms with van der Waals surface area (Å²) in [5.74, 6) is -0.0724. The van der Waals surface area contributed by atoms with E-state index in [-0.39, 0.29) is 36.5 Å². The van der Waals surface area contributed by atoms with Crippen LogP contribution in [0.25, 0.3) is 21.1 Å². The first-order chi connectivity index (χ1) is 11.0. The molecule has 10 heteroatoms. The zero-order chi connectivity index (χ0) is 16.4. The molecule has 0 atom stereocenters. The van der Waals surface area contributed by atoms with Crippen molar-refractivity contribution in [3.8, 4) is 21.1 Å². The molecule has 3 aromatic heterocycles. The van der Waals surface area contributed by atoms with E-state index in [0.717, 1.165) is 21.1 Å². The smallest absolute Gasteiger partial charge is 0.142 e. The number of nitrogens with one attached hydrogen (secondary N) is 2. The average molecular weight is 396 g/mol. The lowest BCUT2D eigenvalue weighted by Crippen LogP contribution is -2.12. The van der Waals surface area contributed by atoms with Gasteiger partial charge in [-0.15, -0.1) is 36.2 Å². The third-order valence-corrected chi connectivity index (χ3v) is 4.19. The van der Waals surface area contributed by atoms with E-state index >= 15 is 0 Å². The number of hydrogen-bond acceptors (Lipinski definition) is 6. The maximum absolute atomic E-state index is 7.37. The van der Waals surface area contributed by atoms with Gasteiger partial charge in [0.1, 0.15) is 22.4 Å². The van der Waals surface area contributed by atoms with E-state index in [4.69, 9.17) is 22.3 Å². The van der Waals surface area contributed by atoms with Crippen molar-refractivity contribution in [1.82, 2.24) is 15.0 Å². The Labute approximate surface area is 160 Å². The van der Waals surface area contributed by atoms with Crippen molar-refractivity contribution in [1.29, 1.82) is 10.8 Å². The lowest BCUT2D eigenvalue weighted by molar-refractivity contribution is 1.26. The second kappa shape index (κ2) is 8.52. The van der Waals surface area contributed by atoms with Crippen LogP contribution in [0.5, 0.6) is 0 Å². The van der Waals surface area contributed by atoms with Crippen LogP contribution in [-0.2, 0) is 0 Å². The molecule has 3 aromatic rings. The number of thiazole rings is 1. The van der Waals surface area contributed by atoms with Gasteiger partial charge in [-0.1, -0.05) is 0 Å². The minimum Gasteiger partial charge on any atom is -0.384 e. The quantitative estimate of drug-likeness (QED) is 0.397. The summed E-state index contributed by atoms with van der Waals surface area (Å²) in [7, 11) is 0. The third kappa shape index (κ3) is 4.50. The molecule has 0 saturated heterocycles. The topological polar surface area (TPSA) is 138 Å². The van der Waals surface area contributed by atoms with Gasteiger partial charge in [-0.2, -0.15) is 0 Å². The van der Waals surface area contributed by atoms with Gasteiger partial charge in [0.25, 0.3) is 0 Å². The molecule has 0 aliphatic heterocycles. The van der Waals surface area contributed by atoms with Crippen LogP contribution in [0.3, 0.4) is 0 Å². The molecule has 0 fully saturated rings. The molecule has 7 nitrogen and oxygen atoms in total. The molecule has 0 bridgehead atoms. The van der Waals surface area contributed by atoms with Crippen LogP contribution in [0.2, 0.25) is 0 Å². The largest absolute Gasteiger partial charge is 0.384 e. The van der Waals surface area contributed by atoms with Crippen molar-refractivity contribution in [2.45, 2.75) is 0 Å². The predicted molar refractivity (Wildman–Crippen MR) is 105 cm³/mol. The predicted octanol–water partition coefficient (Wildman–Crippen LogP) is 2.68. The first-order valence-electron chi connectivity index (χ1n) is 6.62. The van der Waals surface area contributed by atoms with Crippen molar-refractivity contribution in [2.24, 2.45) is 11.5 Å². The highest BCUT2D eigenvalue weighted by Crippen LogP contribution is 2.30. The van der Waals surface area contributed by atoms with Gasteiger partial charge in [0.05, 0.1) is 10.6 Å². The molecule has 0 unspecified atom stereocenters. The Morgan fingerprint density at radius 2 is 1.60 bits per heavy atom. The number of hydrogen-bond donors (Lipinski definition) is 4. The number of halogens is 2. The summed E-state index contributed by atoms with van der Waals surface area (Å²) in [5.41, 5.74) is 13.5. The summed E-state index contributed by atoms with van der Waals surface area (Å²) >= 11 is 1.48. The fraction of sp³-hybridized carbons (Fsp3) is 0. The lowest BCUT2D eigenvalue weighted by atomic mass is 10.2. The Hall–Kier alpha value is -2.55. The van der Waals surface area contributed by atoms with Gasteiger partial charge in [0.15, 0.2) is 0 Å². The molecular weight excluding hydrogens is 381 g/mol. The molecule has 0 radical (unpaired) electrons. The molecule has 0 saturated carbocycles. The van der Waals surface area contributed by atoms with Gasteiger partial charge in [-0.3, -0.25) is 20.8 Å². The summed E-state index contributed by atoms with van der Waals surface area (Å²) in [6.45, 7) is 0. The minimum absolute atomic E-state index is 0. The first kappa shape index (κ1) is 20.5. The first-order valence-corrected chi connectivity index (χ1v) is 7.43. The van der Waals surface area contributed by atoms with E-state index < -0.39 is 0 Å². The van der Waals surface area contributed by atoms with Gasteiger partial charge in [-0.05, 0) is 24.3 Å². The van der Waals surface area contributed by atoms with Crippen LogP contribution in [0, 0.1) is 10.8 Å². The number of nitrogen functional groups attached to an aromatic ring is 2. The monoisotopic (exact) mass is 395 g/mol. The Morgan fingerprint density at radius 1 is 0.840 bits per heavy atom. The van der Waals surface area contributed by atoms with Crippen molar-refractivity contribution in [3.63, 3.8) is 0 Å². The van der Waals surface area contributed by atoms with Crippen LogP contribution in [-0.4, -0.2) is 26.6 Å². The van der Waals surface area contributed by atoms with Crippen LogP contribution in [0.1, 0.15) is 11.3 Å². The fourth-order valence-electron chi connectivity index (χ4n) is 1.90. The van der Waals surface area contributed by atoms with Gasteiger partial charge in [0.2, 0.25) is 0 Å². The molecule has 0 amide bonds. The normalized spacial score (nSPS) is 9.60. The maximum atomic E-state index is 7.37. The van der Waals surface area contributed by atoms with Crippen LogP contribution < -0.4 is 11.5 Å². The summed E-state index contributed by atoms with van der Waals surface area (Å²) in [5, 5.41) is 15.5.